The van der Waals surface area contributed by atoms with Crippen LogP contribution in [0, 0.1) is 10.1 Å². The van der Waals surface area contributed by atoms with E-state index >= 15 is 0 Å². The third-order valence-corrected chi connectivity index (χ3v) is 3.59. The van der Waals surface area contributed by atoms with Gasteiger partial charge in [-0.05, 0) is 31.5 Å². The van der Waals surface area contributed by atoms with E-state index in [2.05, 4.69) is 21.0 Å². The number of alkyl halides is 1. The van der Waals surface area contributed by atoms with Gasteiger partial charge in [0.15, 0.2) is 5.75 Å². The number of halogens is 1. The lowest BCUT2D eigenvalue weighted by atomic mass is 10.2. The van der Waals surface area contributed by atoms with Crippen molar-refractivity contribution in [2.75, 3.05) is 0 Å². The van der Waals surface area contributed by atoms with Crippen molar-refractivity contribution >= 4 is 21.6 Å². The Morgan fingerprint density at radius 1 is 1.43 bits per heavy atom. The molecule has 2 aromatic rings. The highest BCUT2D eigenvalue weighted by atomic mass is 79.9. The second kappa shape index (κ2) is 6.71. The number of rotatable bonds is 6. The van der Waals surface area contributed by atoms with E-state index < -0.39 is 4.92 Å². The molecule has 1 aromatic heterocycles. The van der Waals surface area contributed by atoms with Crippen molar-refractivity contribution in [3.8, 4) is 5.75 Å². The minimum atomic E-state index is -0.436. The van der Waals surface area contributed by atoms with E-state index in [0.717, 1.165) is 11.3 Å². The van der Waals surface area contributed by atoms with Crippen LogP contribution in [-0.2, 0) is 11.9 Å². The number of nitro benzene ring substituents is 1. The average Bonchev–Trinajstić information content (AvgIpc) is 2.94. The van der Waals surface area contributed by atoms with Crippen LogP contribution in [0.15, 0.2) is 30.5 Å². The van der Waals surface area contributed by atoms with E-state index in [1.54, 1.807) is 12.1 Å². The number of hydrogen-bond acceptors (Lipinski definition) is 4. The summed E-state index contributed by atoms with van der Waals surface area (Å²) in [7, 11) is 0. The number of nitro groups is 1. The van der Waals surface area contributed by atoms with Crippen LogP contribution in [0.4, 0.5) is 5.69 Å². The van der Waals surface area contributed by atoms with Crippen molar-refractivity contribution in [1.82, 2.24) is 9.78 Å². The maximum atomic E-state index is 11.1. The van der Waals surface area contributed by atoms with Crippen LogP contribution in [0.3, 0.4) is 0 Å². The molecule has 0 aliphatic carbocycles. The minimum absolute atomic E-state index is 0.0322. The molecule has 0 spiro atoms. The predicted molar refractivity (Wildman–Crippen MR) is 82.7 cm³/mol. The summed E-state index contributed by atoms with van der Waals surface area (Å²) in [5, 5.41) is 16.0. The Morgan fingerprint density at radius 3 is 2.76 bits per heavy atom. The summed E-state index contributed by atoms with van der Waals surface area (Å²) >= 11 is 3.28. The molecule has 1 heterocycles. The Labute approximate surface area is 131 Å². The van der Waals surface area contributed by atoms with Gasteiger partial charge in [-0.15, -0.1) is 0 Å². The Morgan fingerprint density at radius 2 is 2.19 bits per heavy atom. The van der Waals surface area contributed by atoms with Gasteiger partial charge in [0.25, 0.3) is 0 Å². The molecule has 0 atom stereocenters. The molecule has 1 aromatic carbocycles. The van der Waals surface area contributed by atoms with E-state index in [-0.39, 0.29) is 24.1 Å². The molecule has 21 heavy (non-hydrogen) atoms. The summed E-state index contributed by atoms with van der Waals surface area (Å²) in [5.74, 6) is 0.254. The van der Waals surface area contributed by atoms with Crippen LogP contribution >= 0.6 is 15.9 Å². The normalized spacial score (nSPS) is 10.9. The van der Waals surface area contributed by atoms with Gasteiger partial charge in [-0.3, -0.25) is 14.8 Å². The minimum Gasteiger partial charge on any atom is -0.480 e. The van der Waals surface area contributed by atoms with Crippen molar-refractivity contribution in [3.05, 3.63) is 51.8 Å². The molecule has 0 saturated carbocycles. The third-order valence-electron chi connectivity index (χ3n) is 2.94. The highest BCUT2D eigenvalue weighted by molar-refractivity contribution is 9.08. The van der Waals surface area contributed by atoms with Crippen LogP contribution < -0.4 is 4.74 Å². The topological polar surface area (TPSA) is 70.2 Å². The van der Waals surface area contributed by atoms with Crippen molar-refractivity contribution in [1.29, 1.82) is 0 Å². The molecule has 0 aliphatic heterocycles. The molecule has 0 N–H and O–H groups in total. The Hall–Kier alpha value is -1.89. The van der Waals surface area contributed by atoms with E-state index in [4.69, 9.17) is 4.74 Å². The Bertz CT molecular complexity index is 640. The zero-order chi connectivity index (χ0) is 15.4. The molecule has 0 aliphatic rings. The number of aromatic nitrogens is 2. The maximum Gasteiger partial charge on any atom is 0.311 e. The second-order valence-electron chi connectivity index (χ2n) is 4.86. The quantitative estimate of drug-likeness (QED) is 0.449. The Balaban J connectivity index is 2.13. The zero-order valence-electron chi connectivity index (χ0n) is 11.8. The van der Waals surface area contributed by atoms with Crippen molar-refractivity contribution in [2.45, 2.75) is 31.8 Å². The molecule has 0 unspecified atom stereocenters. The summed E-state index contributed by atoms with van der Waals surface area (Å²) in [6.07, 6.45) is 1.87. The van der Waals surface area contributed by atoms with Gasteiger partial charge in [0.05, 0.1) is 10.6 Å². The number of ether oxygens (including phenoxy) is 1. The molecule has 2 rings (SSSR count). The largest absolute Gasteiger partial charge is 0.480 e. The fraction of sp³-hybridized carbons (Fsp3) is 0.357. The smallest absolute Gasteiger partial charge is 0.311 e. The number of nitrogens with zero attached hydrogens (tertiary/aromatic N) is 3. The molecule has 112 valence electrons. The van der Waals surface area contributed by atoms with Crippen molar-refractivity contribution < 1.29 is 9.66 Å². The van der Waals surface area contributed by atoms with Gasteiger partial charge in [0.1, 0.15) is 6.61 Å². The van der Waals surface area contributed by atoms with E-state index in [1.165, 1.54) is 6.07 Å². The van der Waals surface area contributed by atoms with Gasteiger partial charge in [0, 0.05) is 23.6 Å². The monoisotopic (exact) mass is 353 g/mol. The molecule has 6 nitrogen and oxygen atoms in total. The van der Waals surface area contributed by atoms with E-state index in [0.29, 0.717) is 5.33 Å². The molecule has 0 bridgehead atoms. The predicted octanol–water partition coefficient (Wildman–Crippen LogP) is 3.85. The van der Waals surface area contributed by atoms with Gasteiger partial charge in [-0.25, -0.2) is 0 Å². The lowest BCUT2D eigenvalue weighted by Crippen LogP contribution is -2.04. The fourth-order valence-corrected chi connectivity index (χ4v) is 2.15. The maximum absolute atomic E-state index is 11.1. The van der Waals surface area contributed by atoms with Crippen LogP contribution in [0.5, 0.6) is 5.75 Å². The lowest BCUT2D eigenvalue weighted by molar-refractivity contribution is -0.386. The second-order valence-corrected chi connectivity index (χ2v) is 5.42. The first-order valence-corrected chi connectivity index (χ1v) is 7.63. The highest BCUT2D eigenvalue weighted by Gasteiger charge is 2.16. The van der Waals surface area contributed by atoms with Gasteiger partial charge in [-0.2, -0.15) is 5.10 Å². The summed E-state index contributed by atoms with van der Waals surface area (Å²) in [6.45, 7) is 4.26. The first-order chi connectivity index (χ1) is 10.0. The summed E-state index contributed by atoms with van der Waals surface area (Å²) in [4.78, 5) is 10.6. The molecule has 0 radical (unpaired) electrons. The molecule has 7 heteroatoms. The Kier molecular flexibility index (Phi) is 4.95. The van der Waals surface area contributed by atoms with Crippen LogP contribution in [-0.4, -0.2) is 14.7 Å². The molecule has 0 amide bonds. The molecule has 0 fully saturated rings. The summed E-state index contributed by atoms with van der Waals surface area (Å²) in [6, 6.07) is 7.04. The fourth-order valence-electron chi connectivity index (χ4n) is 1.80. The standard InChI is InChI=1S/C14H16BrN3O3/c1-10(2)17-6-5-12(16-17)9-21-14-4-3-11(8-15)7-13(14)18(19)20/h3-7,10H,8-9H2,1-2H3. The lowest BCUT2D eigenvalue weighted by Gasteiger charge is -2.07. The molecular formula is C14H16BrN3O3. The number of hydrogen-bond donors (Lipinski definition) is 0. The molecular weight excluding hydrogens is 338 g/mol. The van der Waals surface area contributed by atoms with E-state index in [9.17, 15) is 10.1 Å². The van der Waals surface area contributed by atoms with Gasteiger partial charge >= 0.3 is 5.69 Å². The van der Waals surface area contributed by atoms with Crippen molar-refractivity contribution in [2.24, 2.45) is 0 Å². The van der Waals surface area contributed by atoms with Gasteiger partial charge < -0.3 is 4.74 Å². The first-order valence-electron chi connectivity index (χ1n) is 6.51. The molecule has 0 saturated heterocycles. The van der Waals surface area contributed by atoms with Crippen LogP contribution in [0.1, 0.15) is 31.1 Å². The van der Waals surface area contributed by atoms with Crippen molar-refractivity contribution in [3.63, 3.8) is 0 Å². The zero-order valence-corrected chi connectivity index (χ0v) is 13.4. The van der Waals surface area contributed by atoms with Crippen LogP contribution in [0.2, 0.25) is 0 Å². The first kappa shape index (κ1) is 15.5. The van der Waals surface area contributed by atoms with Gasteiger partial charge in [-0.1, -0.05) is 22.0 Å². The average molecular weight is 354 g/mol. The van der Waals surface area contributed by atoms with E-state index in [1.807, 2.05) is 30.8 Å². The SMILES string of the molecule is CC(C)n1ccc(COc2ccc(CBr)cc2[N+](=O)[O-])n1. The highest BCUT2D eigenvalue weighted by Crippen LogP contribution is 2.29. The van der Waals surface area contributed by atoms with Gasteiger partial charge in [0.2, 0.25) is 0 Å². The third kappa shape index (κ3) is 3.81. The summed E-state index contributed by atoms with van der Waals surface area (Å²) < 4.78 is 7.36. The number of benzene rings is 1. The summed E-state index contributed by atoms with van der Waals surface area (Å²) in [5.41, 5.74) is 1.54. The van der Waals surface area contributed by atoms with Crippen LogP contribution in [0.25, 0.3) is 0 Å².